The summed E-state index contributed by atoms with van der Waals surface area (Å²) in [6, 6.07) is 6.34. The Labute approximate surface area is 150 Å². The van der Waals surface area contributed by atoms with E-state index in [1.54, 1.807) is 4.90 Å². The molecule has 134 valence electrons. The molecule has 1 heterocycles. The molecule has 0 saturated heterocycles. The standard InChI is InChI=1S/C18H27N3O2.ClH/c1-3-21(4-2)18(23)7-5-6-17(22)20-11-14-8-9-15-12-19-13-16(15)10-14;/h8-10,19H,3-7,11-13H2,1-2H3,(H,20,22);1H. The molecule has 2 N–H and O–H groups in total. The van der Waals surface area contributed by atoms with Crippen molar-refractivity contribution in [3.05, 3.63) is 34.9 Å². The Hall–Kier alpha value is -1.59. The van der Waals surface area contributed by atoms with Crippen LogP contribution in [0, 0.1) is 0 Å². The van der Waals surface area contributed by atoms with Gasteiger partial charge in [0.05, 0.1) is 0 Å². The van der Waals surface area contributed by atoms with Gasteiger partial charge in [0.1, 0.15) is 0 Å². The Morgan fingerprint density at radius 1 is 1.12 bits per heavy atom. The number of hydrogen-bond donors (Lipinski definition) is 2. The van der Waals surface area contributed by atoms with Gasteiger partial charge in [-0.1, -0.05) is 18.2 Å². The Bertz CT molecular complexity index is 559. The topological polar surface area (TPSA) is 61.4 Å². The van der Waals surface area contributed by atoms with E-state index < -0.39 is 0 Å². The largest absolute Gasteiger partial charge is 0.352 e. The maximum absolute atomic E-state index is 11.9. The monoisotopic (exact) mass is 353 g/mol. The molecule has 0 aliphatic carbocycles. The lowest BCUT2D eigenvalue weighted by molar-refractivity contribution is -0.131. The van der Waals surface area contributed by atoms with Crippen LogP contribution in [0.3, 0.4) is 0 Å². The highest BCUT2D eigenvalue weighted by atomic mass is 35.5. The molecule has 0 unspecified atom stereocenters. The molecule has 0 spiro atoms. The van der Waals surface area contributed by atoms with E-state index in [1.807, 2.05) is 13.8 Å². The van der Waals surface area contributed by atoms with E-state index in [-0.39, 0.29) is 24.2 Å². The minimum atomic E-state index is 0. The Kier molecular flexibility index (Phi) is 8.79. The van der Waals surface area contributed by atoms with Crippen molar-refractivity contribution >= 4 is 24.2 Å². The van der Waals surface area contributed by atoms with Crippen molar-refractivity contribution in [2.75, 3.05) is 13.1 Å². The SMILES string of the molecule is CCN(CC)C(=O)CCCC(=O)NCc1ccc2c(c1)CNC2.Cl. The number of rotatable bonds is 8. The van der Waals surface area contributed by atoms with Crippen molar-refractivity contribution in [3.63, 3.8) is 0 Å². The number of halogens is 1. The molecule has 0 saturated carbocycles. The van der Waals surface area contributed by atoms with Crippen molar-refractivity contribution in [2.45, 2.75) is 52.7 Å². The van der Waals surface area contributed by atoms with Crippen LogP contribution in [0.1, 0.15) is 49.8 Å². The predicted molar refractivity (Wildman–Crippen MR) is 97.9 cm³/mol. The molecule has 0 bridgehead atoms. The van der Waals surface area contributed by atoms with E-state index in [4.69, 9.17) is 0 Å². The van der Waals surface area contributed by atoms with E-state index >= 15 is 0 Å². The molecule has 2 amide bonds. The minimum Gasteiger partial charge on any atom is -0.352 e. The van der Waals surface area contributed by atoms with E-state index in [9.17, 15) is 9.59 Å². The molecule has 24 heavy (non-hydrogen) atoms. The minimum absolute atomic E-state index is 0. The second-order valence-electron chi connectivity index (χ2n) is 5.90. The van der Waals surface area contributed by atoms with Crippen LogP contribution in [-0.2, 0) is 29.2 Å². The average molecular weight is 354 g/mol. The molecule has 1 aromatic carbocycles. The fraction of sp³-hybridized carbons (Fsp3) is 0.556. The summed E-state index contributed by atoms with van der Waals surface area (Å²) in [5, 5.41) is 6.25. The summed E-state index contributed by atoms with van der Waals surface area (Å²) < 4.78 is 0. The second-order valence-corrected chi connectivity index (χ2v) is 5.90. The molecular weight excluding hydrogens is 326 g/mol. The summed E-state index contributed by atoms with van der Waals surface area (Å²) in [4.78, 5) is 25.6. The third-order valence-corrected chi connectivity index (χ3v) is 4.30. The van der Waals surface area contributed by atoms with Crippen molar-refractivity contribution in [1.82, 2.24) is 15.5 Å². The van der Waals surface area contributed by atoms with Crippen molar-refractivity contribution in [3.8, 4) is 0 Å². The van der Waals surface area contributed by atoms with Crippen LogP contribution < -0.4 is 10.6 Å². The van der Waals surface area contributed by atoms with Gasteiger partial charge >= 0.3 is 0 Å². The fourth-order valence-electron chi connectivity index (χ4n) is 2.88. The van der Waals surface area contributed by atoms with Crippen LogP contribution in [-0.4, -0.2) is 29.8 Å². The van der Waals surface area contributed by atoms with Gasteiger partial charge in [0.15, 0.2) is 0 Å². The van der Waals surface area contributed by atoms with Crippen LogP contribution in [0.25, 0.3) is 0 Å². The van der Waals surface area contributed by atoms with Gasteiger partial charge in [0, 0.05) is 45.6 Å². The van der Waals surface area contributed by atoms with E-state index in [2.05, 4.69) is 28.8 Å². The molecule has 5 nitrogen and oxygen atoms in total. The van der Waals surface area contributed by atoms with Crippen molar-refractivity contribution < 1.29 is 9.59 Å². The first-order valence-corrected chi connectivity index (χ1v) is 8.49. The number of nitrogens with zero attached hydrogens (tertiary/aromatic N) is 1. The van der Waals surface area contributed by atoms with Gasteiger partial charge in [0.2, 0.25) is 11.8 Å². The molecule has 0 radical (unpaired) electrons. The zero-order valence-corrected chi connectivity index (χ0v) is 15.4. The number of nitrogens with one attached hydrogen (secondary N) is 2. The number of fused-ring (bicyclic) bond motifs is 1. The lowest BCUT2D eigenvalue weighted by Crippen LogP contribution is -2.30. The lowest BCUT2D eigenvalue weighted by Gasteiger charge is -2.18. The van der Waals surface area contributed by atoms with Crippen molar-refractivity contribution in [1.29, 1.82) is 0 Å². The first-order chi connectivity index (χ1) is 11.1. The fourth-order valence-corrected chi connectivity index (χ4v) is 2.88. The molecule has 1 aromatic rings. The number of carbonyl (C=O) groups is 2. The maximum atomic E-state index is 11.9. The molecule has 6 heteroatoms. The normalized spacial score (nSPS) is 12.2. The van der Waals surface area contributed by atoms with Crippen LogP contribution in [0.15, 0.2) is 18.2 Å². The van der Waals surface area contributed by atoms with Gasteiger partial charge in [-0.05, 0) is 37.0 Å². The van der Waals surface area contributed by atoms with Gasteiger partial charge in [0.25, 0.3) is 0 Å². The van der Waals surface area contributed by atoms with Crippen molar-refractivity contribution in [2.24, 2.45) is 0 Å². The predicted octanol–water partition coefficient (Wildman–Crippen LogP) is 2.37. The quantitative estimate of drug-likeness (QED) is 0.754. The zero-order chi connectivity index (χ0) is 16.7. The molecule has 0 atom stereocenters. The van der Waals surface area contributed by atoms with Crippen LogP contribution in [0.5, 0.6) is 0 Å². The summed E-state index contributed by atoms with van der Waals surface area (Å²) in [6.45, 7) is 7.80. The summed E-state index contributed by atoms with van der Waals surface area (Å²) in [5.74, 6) is 0.143. The van der Waals surface area contributed by atoms with Gasteiger partial charge in [-0.25, -0.2) is 0 Å². The van der Waals surface area contributed by atoms with Gasteiger partial charge < -0.3 is 15.5 Å². The average Bonchev–Trinajstić information content (AvgIpc) is 3.01. The highest BCUT2D eigenvalue weighted by molar-refractivity contribution is 5.85. The van der Waals surface area contributed by atoms with Crippen LogP contribution in [0.2, 0.25) is 0 Å². The van der Waals surface area contributed by atoms with E-state index in [0.29, 0.717) is 25.8 Å². The molecule has 0 fully saturated rings. The number of carbonyl (C=O) groups excluding carboxylic acids is 2. The van der Waals surface area contributed by atoms with Crippen LogP contribution >= 0.6 is 12.4 Å². The lowest BCUT2D eigenvalue weighted by atomic mass is 10.1. The zero-order valence-electron chi connectivity index (χ0n) is 14.6. The van der Waals surface area contributed by atoms with Gasteiger partial charge in [-0.2, -0.15) is 0 Å². The first kappa shape index (κ1) is 20.5. The molecular formula is C18H28ClN3O2. The Balaban J connectivity index is 0.00000288. The summed E-state index contributed by atoms with van der Waals surface area (Å²) >= 11 is 0. The Morgan fingerprint density at radius 2 is 1.83 bits per heavy atom. The number of amides is 2. The maximum Gasteiger partial charge on any atom is 0.222 e. The number of hydrogen-bond acceptors (Lipinski definition) is 3. The third-order valence-electron chi connectivity index (χ3n) is 4.30. The van der Waals surface area contributed by atoms with Gasteiger partial charge in [-0.3, -0.25) is 9.59 Å². The number of benzene rings is 1. The smallest absolute Gasteiger partial charge is 0.222 e. The summed E-state index contributed by atoms with van der Waals surface area (Å²) in [7, 11) is 0. The summed E-state index contributed by atoms with van der Waals surface area (Å²) in [5.41, 5.74) is 3.79. The van der Waals surface area contributed by atoms with Gasteiger partial charge in [-0.15, -0.1) is 12.4 Å². The van der Waals surface area contributed by atoms with E-state index in [0.717, 1.165) is 31.7 Å². The Morgan fingerprint density at radius 3 is 2.54 bits per heavy atom. The first-order valence-electron chi connectivity index (χ1n) is 8.49. The molecule has 0 aromatic heterocycles. The molecule has 1 aliphatic rings. The molecule has 2 rings (SSSR count). The molecule has 1 aliphatic heterocycles. The second kappa shape index (κ2) is 10.3. The van der Waals surface area contributed by atoms with E-state index in [1.165, 1.54) is 11.1 Å². The summed E-state index contributed by atoms with van der Waals surface area (Å²) in [6.07, 6.45) is 1.45. The third kappa shape index (κ3) is 5.80. The highest BCUT2D eigenvalue weighted by Crippen LogP contribution is 2.16. The van der Waals surface area contributed by atoms with Crippen LogP contribution in [0.4, 0.5) is 0 Å². The highest BCUT2D eigenvalue weighted by Gasteiger charge is 2.12.